The van der Waals surface area contributed by atoms with Gasteiger partial charge in [-0.05, 0) is 32.0 Å². The van der Waals surface area contributed by atoms with Crippen LogP contribution in [0.2, 0.25) is 0 Å². The van der Waals surface area contributed by atoms with Crippen molar-refractivity contribution < 1.29 is 19.1 Å². The van der Waals surface area contributed by atoms with Crippen LogP contribution < -0.4 is 5.73 Å². The maximum atomic E-state index is 11.8. The highest BCUT2D eigenvalue weighted by molar-refractivity contribution is 8.00. The molecule has 0 heterocycles. The molecule has 1 aromatic carbocycles. The van der Waals surface area contributed by atoms with Crippen LogP contribution in [0.3, 0.4) is 0 Å². The predicted molar refractivity (Wildman–Crippen MR) is 74.2 cm³/mol. The maximum Gasteiger partial charge on any atom is 0.339 e. The van der Waals surface area contributed by atoms with Crippen molar-refractivity contribution in [2.75, 3.05) is 24.7 Å². The molecule has 6 heteroatoms. The van der Waals surface area contributed by atoms with Gasteiger partial charge in [-0.3, -0.25) is 4.79 Å². The summed E-state index contributed by atoms with van der Waals surface area (Å²) in [6, 6.07) is 4.92. The van der Waals surface area contributed by atoms with Gasteiger partial charge in [-0.25, -0.2) is 4.79 Å². The molecule has 0 amide bonds. The normalized spacial score (nSPS) is 10.0. The third-order valence-electron chi connectivity index (χ3n) is 2.15. The van der Waals surface area contributed by atoms with E-state index >= 15 is 0 Å². The molecule has 1 aromatic rings. The average molecular weight is 283 g/mol. The molecule has 0 bridgehead atoms. The number of carbonyl (C=O) groups is 2. The van der Waals surface area contributed by atoms with E-state index in [9.17, 15) is 9.59 Å². The van der Waals surface area contributed by atoms with Crippen molar-refractivity contribution in [3.05, 3.63) is 23.8 Å². The molecule has 0 atom stereocenters. The number of benzene rings is 1. The Labute approximate surface area is 116 Å². The van der Waals surface area contributed by atoms with E-state index in [0.717, 1.165) is 0 Å². The molecule has 0 radical (unpaired) electrons. The van der Waals surface area contributed by atoms with Crippen molar-refractivity contribution in [1.29, 1.82) is 0 Å². The van der Waals surface area contributed by atoms with E-state index in [1.165, 1.54) is 11.8 Å². The lowest BCUT2D eigenvalue weighted by molar-refractivity contribution is -0.139. The predicted octanol–water partition coefficient (Wildman–Crippen LogP) is 2.10. The highest BCUT2D eigenvalue weighted by Gasteiger charge is 2.14. The van der Waals surface area contributed by atoms with Gasteiger partial charge in [-0.2, -0.15) is 0 Å². The molecule has 19 heavy (non-hydrogen) atoms. The summed E-state index contributed by atoms with van der Waals surface area (Å²) < 4.78 is 9.79. The Balaban J connectivity index is 2.82. The molecule has 0 aliphatic rings. The Morgan fingerprint density at radius 1 is 1.21 bits per heavy atom. The second kappa shape index (κ2) is 7.68. The van der Waals surface area contributed by atoms with Crippen molar-refractivity contribution in [2.45, 2.75) is 18.7 Å². The Morgan fingerprint density at radius 2 is 1.89 bits per heavy atom. The molecular formula is C13H17NO4S. The Hall–Kier alpha value is -1.69. The van der Waals surface area contributed by atoms with Gasteiger partial charge >= 0.3 is 11.9 Å². The number of esters is 2. The monoisotopic (exact) mass is 283 g/mol. The zero-order valence-corrected chi connectivity index (χ0v) is 11.8. The number of carbonyl (C=O) groups excluding carboxylic acids is 2. The number of nitrogen functional groups attached to an aromatic ring is 1. The fourth-order valence-corrected chi connectivity index (χ4v) is 2.20. The number of rotatable bonds is 6. The molecule has 2 N–H and O–H groups in total. The smallest absolute Gasteiger partial charge is 0.339 e. The Bertz CT molecular complexity index is 462. The molecule has 0 aliphatic carbocycles. The van der Waals surface area contributed by atoms with Gasteiger partial charge in [0.15, 0.2) is 0 Å². The Kier molecular flexibility index (Phi) is 6.21. The van der Waals surface area contributed by atoms with Crippen LogP contribution in [0.4, 0.5) is 5.69 Å². The van der Waals surface area contributed by atoms with Gasteiger partial charge in [0, 0.05) is 10.6 Å². The van der Waals surface area contributed by atoms with Crippen LogP contribution in [0.1, 0.15) is 24.2 Å². The fraction of sp³-hybridized carbons (Fsp3) is 0.385. The number of ether oxygens (including phenoxy) is 2. The second-order valence-corrected chi connectivity index (χ2v) is 4.59. The van der Waals surface area contributed by atoms with Crippen molar-refractivity contribution in [3.8, 4) is 0 Å². The van der Waals surface area contributed by atoms with Crippen LogP contribution in [-0.2, 0) is 14.3 Å². The quantitative estimate of drug-likeness (QED) is 0.489. The molecule has 104 valence electrons. The molecule has 5 nitrogen and oxygen atoms in total. The largest absolute Gasteiger partial charge is 0.465 e. The molecule has 0 fully saturated rings. The lowest BCUT2D eigenvalue weighted by Gasteiger charge is -2.09. The molecular weight excluding hydrogens is 266 g/mol. The average Bonchev–Trinajstić information content (AvgIpc) is 2.38. The summed E-state index contributed by atoms with van der Waals surface area (Å²) in [6.45, 7) is 4.10. The SMILES string of the molecule is CCOC(=O)CSc1ccc(N)cc1C(=O)OCC. The molecule has 0 spiro atoms. The highest BCUT2D eigenvalue weighted by Crippen LogP contribution is 2.25. The number of thioether (sulfide) groups is 1. The van der Waals surface area contributed by atoms with Crippen LogP contribution in [0.15, 0.2) is 23.1 Å². The van der Waals surface area contributed by atoms with Gasteiger partial charge in [0.25, 0.3) is 0 Å². The molecule has 1 rings (SSSR count). The maximum absolute atomic E-state index is 11.8. The van der Waals surface area contributed by atoms with Crippen molar-refractivity contribution in [3.63, 3.8) is 0 Å². The van der Waals surface area contributed by atoms with Gasteiger partial charge in [-0.15, -0.1) is 11.8 Å². The highest BCUT2D eigenvalue weighted by atomic mass is 32.2. The van der Waals surface area contributed by atoms with E-state index in [1.807, 2.05) is 0 Å². The summed E-state index contributed by atoms with van der Waals surface area (Å²) in [6.07, 6.45) is 0. The summed E-state index contributed by atoms with van der Waals surface area (Å²) in [4.78, 5) is 23.7. The minimum atomic E-state index is -0.443. The van der Waals surface area contributed by atoms with Gasteiger partial charge in [0.2, 0.25) is 0 Å². The number of nitrogens with two attached hydrogens (primary N) is 1. The molecule has 0 saturated heterocycles. The third-order valence-corrected chi connectivity index (χ3v) is 3.20. The minimum absolute atomic E-state index is 0.143. The second-order valence-electron chi connectivity index (χ2n) is 3.57. The lowest BCUT2D eigenvalue weighted by Crippen LogP contribution is -2.09. The molecule has 0 unspecified atom stereocenters. The van der Waals surface area contributed by atoms with E-state index in [-0.39, 0.29) is 18.3 Å². The first-order valence-electron chi connectivity index (χ1n) is 5.93. The summed E-state index contributed by atoms with van der Waals surface area (Å²) in [5.41, 5.74) is 6.50. The van der Waals surface area contributed by atoms with Crippen LogP contribution in [0, 0.1) is 0 Å². The Morgan fingerprint density at radius 3 is 2.53 bits per heavy atom. The van der Waals surface area contributed by atoms with Crippen LogP contribution in [-0.4, -0.2) is 30.9 Å². The molecule has 0 saturated carbocycles. The van der Waals surface area contributed by atoms with Crippen molar-refractivity contribution in [1.82, 2.24) is 0 Å². The van der Waals surface area contributed by atoms with Gasteiger partial charge in [-0.1, -0.05) is 0 Å². The number of hydrogen-bond acceptors (Lipinski definition) is 6. The molecule has 0 aromatic heterocycles. The van der Waals surface area contributed by atoms with Crippen molar-refractivity contribution in [2.24, 2.45) is 0 Å². The molecule has 0 aliphatic heterocycles. The van der Waals surface area contributed by atoms with E-state index in [0.29, 0.717) is 22.8 Å². The van der Waals surface area contributed by atoms with Gasteiger partial charge in [0.05, 0.1) is 24.5 Å². The lowest BCUT2D eigenvalue weighted by atomic mass is 10.2. The first kappa shape index (κ1) is 15.4. The van der Waals surface area contributed by atoms with E-state index in [4.69, 9.17) is 15.2 Å². The summed E-state index contributed by atoms with van der Waals surface area (Å²) in [7, 11) is 0. The van der Waals surface area contributed by atoms with Crippen LogP contribution in [0.5, 0.6) is 0 Å². The summed E-state index contributed by atoms with van der Waals surface area (Å²) in [5.74, 6) is -0.621. The first-order chi connectivity index (χ1) is 9.08. The third kappa shape index (κ3) is 4.82. The topological polar surface area (TPSA) is 78.6 Å². The zero-order chi connectivity index (χ0) is 14.3. The minimum Gasteiger partial charge on any atom is -0.465 e. The van der Waals surface area contributed by atoms with Crippen LogP contribution >= 0.6 is 11.8 Å². The summed E-state index contributed by atoms with van der Waals surface area (Å²) >= 11 is 1.23. The number of anilines is 1. The fourth-order valence-electron chi connectivity index (χ4n) is 1.38. The van der Waals surface area contributed by atoms with Crippen LogP contribution in [0.25, 0.3) is 0 Å². The van der Waals surface area contributed by atoms with Crippen molar-refractivity contribution >= 4 is 29.4 Å². The number of hydrogen-bond donors (Lipinski definition) is 1. The standard InChI is InChI=1S/C13H17NO4S/c1-3-17-12(15)8-19-11-6-5-9(14)7-10(11)13(16)18-4-2/h5-7H,3-4,8,14H2,1-2H3. The first-order valence-corrected chi connectivity index (χ1v) is 6.92. The van der Waals surface area contributed by atoms with E-state index in [2.05, 4.69) is 0 Å². The van der Waals surface area contributed by atoms with E-state index in [1.54, 1.807) is 32.0 Å². The van der Waals surface area contributed by atoms with E-state index < -0.39 is 5.97 Å². The summed E-state index contributed by atoms with van der Waals surface area (Å²) in [5, 5.41) is 0. The van der Waals surface area contributed by atoms with Gasteiger partial charge in [0.1, 0.15) is 0 Å². The zero-order valence-electron chi connectivity index (χ0n) is 11.0. The van der Waals surface area contributed by atoms with Gasteiger partial charge < -0.3 is 15.2 Å².